The Balaban J connectivity index is 1.95. The van der Waals surface area contributed by atoms with Crippen LogP contribution in [0.25, 0.3) is 0 Å². The molecule has 1 aromatic heterocycles. The van der Waals surface area contributed by atoms with Crippen LogP contribution in [0, 0.1) is 0 Å². The number of aromatic hydroxyl groups is 1. The van der Waals surface area contributed by atoms with Crippen molar-refractivity contribution in [2.75, 3.05) is 13.7 Å². The van der Waals surface area contributed by atoms with Crippen molar-refractivity contribution in [1.82, 2.24) is 4.98 Å². The highest BCUT2D eigenvalue weighted by molar-refractivity contribution is 7.92. The topological polar surface area (TPSA) is 85.7 Å². The van der Waals surface area contributed by atoms with E-state index in [2.05, 4.69) is 4.98 Å². The number of pyridine rings is 1. The minimum atomic E-state index is -4.65. The molecule has 158 valence electrons. The third-order valence-electron chi connectivity index (χ3n) is 5.13. The first-order valence-corrected chi connectivity index (χ1v) is 10.2. The van der Waals surface area contributed by atoms with E-state index in [1.807, 2.05) is 0 Å². The number of alkyl halides is 3. The smallest absolute Gasteiger partial charge is 0.416 e. The van der Waals surface area contributed by atoms with Crippen LogP contribution < -0.4 is 4.74 Å². The molecule has 0 radical (unpaired) electrons. The SMILES string of the molecule is COc1cc(O)c(C2CC(C)(S(=O)(=O)c3cccc(C(F)(F)F)c3)CCO2)cn1. The largest absolute Gasteiger partial charge is 0.507 e. The predicted octanol–water partition coefficient (Wildman–Crippen LogP) is 3.90. The number of methoxy groups -OCH3 is 1. The van der Waals surface area contributed by atoms with Gasteiger partial charge < -0.3 is 14.6 Å². The van der Waals surface area contributed by atoms with Gasteiger partial charge in [-0.15, -0.1) is 0 Å². The molecule has 2 aromatic rings. The van der Waals surface area contributed by atoms with Crippen molar-refractivity contribution < 1.29 is 36.2 Å². The maximum atomic E-state index is 13.2. The Labute approximate surface area is 166 Å². The van der Waals surface area contributed by atoms with Gasteiger partial charge in [0.2, 0.25) is 5.88 Å². The predicted molar refractivity (Wildman–Crippen MR) is 97.4 cm³/mol. The molecule has 0 saturated carbocycles. The highest BCUT2D eigenvalue weighted by Crippen LogP contribution is 2.44. The van der Waals surface area contributed by atoms with E-state index in [4.69, 9.17) is 9.47 Å². The highest BCUT2D eigenvalue weighted by atomic mass is 32.2. The van der Waals surface area contributed by atoms with Gasteiger partial charge >= 0.3 is 6.18 Å². The Hall–Kier alpha value is -2.33. The minimum Gasteiger partial charge on any atom is -0.507 e. The zero-order chi connectivity index (χ0) is 21.4. The van der Waals surface area contributed by atoms with Crippen molar-refractivity contribution in [1.29, 1.82) is 0 Å². The molecule has 1 aliphatic rings. The lowest BCUT2D eigenvalue weighted by atomic mass is 9.93. The van der Waals surface area contributed by atoms with Gasteiger partial charge in [0.25, 0.3) is 0 Å². The highest BCUT2D eigenvalue weighted by Gasteiger charge is 2.46. The van der Waals surface area contributed by atoms with Gasteiger partial charge in [0, 0.05) is 24.4 Å². The van der Waals surface area contributed by atoms with Crippen molar-refractivity contribution in [2.45, 2.75) is 41.7 Å². The van der Waals surface area contributed by atoms with Crippen molar-refractivity contribution in [3.63, 3.8) is 0 Å². The van der Waals surface area contributed by atoms with Gasteiger partial charge in [0.1, 0.15) is 5.75 Å². The first-order chi connectivity index (χ1) is 13.5. The second-order valence-electron chi connectivity index (χ2n) is 7.08. The molecular formula is C19H20F3NO5S. The number of benzene rings is 1. The maximum absolute atomic E-state index is 13.2. The van der Waals surface area contributed by atoms with E-state index in [0.29, 0.717) is 6.07 Å². The fraction of sp³-hybridized carbons (Fsp3) is 0.421. The van der Waals surface area contributed by atoms with Gasteiger partial charge in [0.05, 0.1) is 28.4 Å². The molecule has 0 aliphatic carbocycles. The van der Waals surface area contributed by atoms with E-state index < -0.39 is 37.3 Å². The molecule has 1 N–H and O–H groups in total. The van der Waals surface area contributed by atoms with Gasteiger partial charge in [-0.1, -0.05) is 6.07 Å². The van der Waals surface area contributed by atoms with Crippen molar-refractivity contribution in [2.24, 2.45) is 0 Å². The Morgan fingerprint density at radius 1 is 1.31 bits per heavy atom. The van der Waals surface area contributed by atoms with E-state index in [9.17, 15) is 26.7 Å². The quantitative estimate of drug-likeness (QED) is 0.790. The van der Waals surface area contributed by atoms with Crippen molar-refractivity contribution in [3.8, 4) is 11.6 Å². The molecule has 2 heterocycles. The molecule has 0 spiro atoms. The van der Waals surface area contributed by atoms with Crippen LogP contribution in [0.2, 0.25) is 0 Å². The number of hydrogen-bond acceptors (Lipinski definition) is 6. The monoisotopic (exact) mass is 431 g/mol. The zero-order valence-corrected chi connectivity index (χ0v) is 16.5. The van der Waals surface area contributed by atoms with Crippen LogP contribution in [0.15, 0.2) is 41.4 Å². The van der Waals surface area contributed by atoms with Gasteiger partial charge in [-0.2, -0.15) is 13.2 Å². The summed E-state index contributed by atoms with van der Waals surface area (Å²) < 4.78 is 74.7. The van der Waals surface area contributed by atoms with Crippen molar-refractivity contribution >= 4 is 9.84 Å². The summed E-state index contributed by atoms with van der Waals surface area (Å²) in [5, 5.41) is 10.2. The molecule has 1 aliphatic heterocycles. The summed E-state index contributed by atoms with van der Waals surface area (Å²) in [5.74, 6) is 0.0176. The molecule has 2 unspecified atom stereocenters. The lowest BCUT2D eigenvalue weighted by Gasteiger charge is -2.38. The van der Waals surface area contributed by atoms with Gasteiger partial charge in [0.15, 0.2) is 9.84 Å². The summed E-state index contributed by atoms with van der Waals surface area (Å²) in [6.07, 6.45) is -4.04. The van der Waals surface area contributed by atoms with Crippen LogP contribution in [0.1, 0.15) is 37.0 Å². The van der Waals surface area contributed by atoms with Crippen LogP contribution in [0.5, 0.6) is 11.6 Å². The first kappa shape index (κ1) is 21.4. The Morgan fingerprint density at radius 3 is 2.66 bits per heavy atom. The average Bonchev–Trinajstić information content (AvgIpc) is 2.67. The fourth-order valence-electron chi connectivity index (χ4n) is 3.33. The minimum absolute atomic E-state index is 0.0485. The van der Waals surface area contributed by atoms with Crippen LogP contribution in [-0.4, -0.2) is 37.0 Å². The number of aromatic nitrogens is 1. The third kappa shape index (κ3) is 4.04. The summed E-state index contributed by atoms with van der Waals surface area (Å²) in [6, 6.07) is 5.00. The van der Waals surface area contributed by atoms with E-state index >= 15 is 0 Å². The van der Waals surface area contributed by atoms with E-state index in [-0.39, 0.29) is 36.6 Å². The molecule has 10 heteroatoms. The average molecular weight is 431 g/mol. The number of rotatable bonds is 4. The van der Waals surface area contributed by atoms with Gasteiger partial charge in [-0.3, -0.25) is 0 Å². The zero-order valence-electron chi connectivity index (χ0n) is 15.7. The standard InChI is InChI=1S/C19H20F3NO5S/c1-18(29(25,26)13-5-3-4-12(8-13)19(20,21)22)6-7-28-16(10-18)14-11-23-17(27-2)9-15(14)24/h3-5,8-9,11,16H,6-7,10H2,1-2H3,(H,23,24). The Bertz CT molecular complexity index is 1010. The third-order valence-corrected chi connectivity index (χ3v) is 7.67. The number of sulfone groups is 1. The van der Waals surface area contributed by atoms with Gasteiger partial charge in [-0.25, -0.2) is 13.4 Å². The number of halogens is 3. The second-order valence-corrected chi connectivity index (χ2v) is 9.54. The lowest BCUT2D eigenvalue weighted by Crippen LogP contribution is -2.42. The summed E-state index contributed by atoms with van der Waals surface area (Å²) in [5.41, 5.74) is -0.737. The summed E-state index contributed by atoms with van der Waals surface area (Å²) in [6.45, 7) is 1.54. The van der Waals surface area contributed by atoms with Crippen LogP contribution in [-0.2, 0) is 20.8 Å². The summed E-state index contributed by atoms with van der Waals surface area (Å²) in [4.78, 5) is 3.61. The van der Waals surface area contributed by atoms with E-state index in [1.54, 1.807) is 0 Å². The lowest BCUT2D eigenvalue weighted by molar-refractivity contribution is -0.137. The molecule has 1 aromatic carbocycles. The molecular weight excluding hydrogens is 411 g/mol. The van der Waals surface area contributed by atoms with E-state index in [1.165, 1.54) is 26.3 Å². The Kier molecular flexibility index (Phi) is 5.52. The molecule has 0 amide bonds. The number of hydrogen-bond donors (Lipinski definition) is 1. The van der Waals surface area contributed by atoms with Gasteiger partial charge in [-0.05, 0) is 38.0 Å². The molecule has 3 rings (SSSR count). The molecule has 0 bridgehead atoms. The number of ether oxygens (including phenoxy) is 2. The van der Waals surface area contributed by atoms with E-state index in [0.717, 1.165) is 18.2 Å². The first-order valence-electron chi connectivity index (χ1n) is 8.74. The summed E-state index contributed by atoms with van der Waals surface area (Å²) in [7, 11) is -2.73. The van der Waals surface area contributed by atoms with Crippen LogP contribution in [0.4, 0.5) is 13.2 Å². The van der Waals surface area contributed by atoms with Crippen LogP contribution >= 0.6 is 0 Å². The maximum Gasteiger partial charge on any atom is 0.416 e. The number of nitrogens with zero attached hydrogens (tertiary/aromatic N) is 1. The molecule has 6 nitrogen and oxygen atoms in total. The van der Waals surface area contributed by atoms with Crippen molar-refractivity contribution in [3.05, 3.63) is 47.7 Å². The van der Waals surface area contributed by atoms with Crippen LogP contribution in [0.3, 0.4) is 0 Å². The molecule has 1 fully saturated rings. The Morgan fingerprint density at radius 2 is 2.03 bits per heavy atom. The second kappa shape index (κ2) is 7.49. The summed E-state index contributed by atoms with van der Waals surface area (Å²) >= 11 is 0. The normalized spacial score (nSPS) is 23.0. The molecule has 29 heavy (non-hydrogen) atoms. The fourth-order valence-corrected chi connectivity index (χ4v) is 5.17. The molecule has 1 saturated heterocycles. The molecule has 2 atom stereocenters.